The number of amides is 2. The van der Waals surface area contributed by atoms with Gasteiger partial charge in [-0.2, -0.15) is 0 Å². The van der Waals surface area contributed by atoms with E-state index in [4.69, 9.17) is 24.2 Å². The second kappa shape index (κ2) is 25.3. The maximum Gasteiger partial charge on any atom is 0.412 e. The van der Waals surface area contributed by atoms with Crippen LogP contribution in [0.5, 0.6) is 11.5 Å². The minimum atomic E-state index is -1.39. The van der Waals surface area contributed by atoms with Gasteiger partial charge in [-0.1, -0.05) is 131 Å². The number of carbonyl (C=O) groups excluding carboxylic acids is 2. The second-order valence-electron chi connectivity index (χ2n) is 18.1. The molecular formula is C54H75N3O8. The Kier molecular flexibility index (Phi) is 19.3. The van der Waals surface area contributed by atoms with Crippen molar-refractivity contribution in [1.82, 2.24) is 10.2 Å². The molecule has 0 aromatic heterocycles. The molecule has 11 nitrogen and oxygen atoms in total. The highest BCUT2D eigenvalue weighted by Gasteiger charge is 2.65. The van der Waals surface area contributed by atoms with Gasteiger partial charge in [-0.25, -0.2) is 4.79 Å². The van der Waals surface area contributed by atoms with Crippen molar-refractivity contribution in [2.24, 2.45) is 22.9 Å². The fraction of sp³-hybridized carbons (Fsp3) is 0.574. The van der Waals surface area contributed by atoms with Crippen LogP contribution in [0.15, 0.2) is 90.1 Å². The second-order valence-corrected chi connectivity index (χ2v) is 18.1. The number of hydrogen-bond donors (Lipinski definition) is 3. The Morgan fingerprint density at radius 3 is 2.35 bits per heavy atom. The van der Waals surface area contributed by atoms with Crippen LogP contribution in [0.2, 0.25) is 0 Å². The molecule has 6 rings (SSSR count). The number of hydrogen-bond acceptors (Lipinski definition) is 9. The first-order chi connectivity index (χ1) is 31.8. The van der Waals surface area contributed by atoms with Gasteiger partial charge in [0.05, 0.1) is 18.2 Å². The molecule has 3 N–H and O–H groups in total. The molecule has 354 valence electrons. The summed E-state index contributed by atoms with van der Waals surface area (Å²) in [5, 5.41) is 29.6. The van der Waals surface area contributed by atoms with Crippen LogP contribution in [-0.4, -0.2) is 78.1 Å². The third-order valence-corrected chi connectivity index (χ3v) is 13.8. The maximum absolute atomic E-state index is 15.3. The van der Waals surface area contributed by atoms with Crippen LogP contribution in [0, 0.1) is 17.8 Å². The van der Waals surface area contributed by atoms with Crippen molar-refractivity contribution in [2.75, 3.05) is 33.5 Å². The summed E-state index contributed by atoms with van der Waals surface area (Å²) in [6, 6.07) is 19.5. The smallest absolute Gasteiger partial charge is 0.412 e. The van der Waals surface area contributed by atoms with Gasteiger partial charge in [0.15, 0.2) is 0 Å². The molecule has 3 aromatic carbocycles. The normalized spacial score (nSPS) is 22.6. The van der Waals surface area contributed by atoms with E-state index in [1.54, 1.807) is 19.3 Å². The Morgan fingerprint density at radius 2 is 1.63 bits per heavy atom. The molecule has 0 saturated heterocycles. The monoisotopic (exact) mass is 894 g/mol. The molecule has 1 aliphatic heterocycles. The van der Waals surface area contributed by atoms with Gasteiger partial charge in [-0.15, -0.1) is 6.58 Å². The fourth-order valence-electron chi connectivity index (χ4n) is 10.8. The van der Waals surface area contributed by atoms with Crippen LogP contribution in [-0.2, 0) is 20.9 Å². The van der Waals surface area contributed by atoms with Crippen molar-refractivity contribution in [3.05, 3.63) is 96.1 Å². The Bertz CT molecular complexity index is 2060. The Balaban J connectivity index is 1.51. The van der Waals surface area contributed by atoms with Crippen molar-refractivity contribution in [2.45, 2.75) is 147 Å². The number of oxime groups is 1. The highest BCUT2D eigenvalue weighted by Crippen LogP contribution is 2.62. The maximum atomic E-state index is 15.3. The van der Waals surface area contributed by atoms with E-state index in [9.17, 15) is 15.0 Å². The number of aliphatic hydroxyl groups excluding tert-OH is 2. The highest BCUT2D eigenvalue weighted by molar-refractivity contribution is 6.03. The average Bonchev–Trinajstić information content (AvgIpc) is 3.31. The van der Waals surface area contributed by atoms with E-state index in [-0.39, 0.29) is 43.5 Å². The number of nitrogens with one attached hydrogen (secondary N) is 1. The number of ether oxygens (including phenoxy) is 3. The van der Waals surface area contributed by atoms with Gasteiger partial charge >= 0.3 is 6.09 Å². The Labute approximate surface area is 387 Å². The lowest BCUT2D eigenvalue weighted by Crippen LogP contribution is -2.70. The van der Waals surface area contributed by atoms with Crippen LogP contribution in [0.3, 0.4) is 0 Å². The zero-order valence-electron chi connectivity index (χ0n) is 39.3. The number of aliphatic hydroxyl groups is 2. The fourth-order valence-corrected chi connectivity index (χ4v) is 10.8. The van der Waals surface area contributed by atoms with Crippen molar-refractivity contribution < 1.29 is 38.9 Å². The highest BCUT2D eigenvalue weighted by atomic mass is 16.7. The molecule has 11 heteroatoms. The van der Waals surface area contributed by atoms with Crippen LogP contribution in [0.25, 0.3) is 10.8 Å². The van der Waals surface area contributed by atoms with Gasteiger partial charge in [0, 0.05) is 50.6 Å². The zero-order chi connectivity index (χ0) is 46.0. The zero-order valence-corrected chi connectivity index (χ0v) is 39.3. The first-order valence-electron chi connectivity index (χ1n) is 24.7. The van der Waals surface area contributed by atoms with Crippen LogP contribution in [0.1, 0.15) is 140 Å². The molecule has 6 unspecified atom stereocenters. The summed E-state index contributed by atoms with van der Waals surface area (Å²) >= 11 is 0. The predicted molar refractivity (Wildman–Crippen MR) is 258 cm³/mol. The van der Waals surface area contributed by atoms with Gasteiger partial charge in [-0.05, 0) is 91.0 Å². The minimum Gasteiger partial charge on any atom is -0.459 e. The predicted octanol–water partition coefficient (Wildman–Crippen LogP) is 11.2. The number of fused-ring (bicyclic) bond motifs is 3. The first kappa shape index (κ1) is 49.7. The molecule has 0 radical (unpaired) electrons. The lowest BCUT2D eigenvalue weighted by atomic mass is 9.55. The number of benzene rings is 3. The number of rotatable bonds is 27. The summed E-state index contributed by atoms with van der Waals surface area (Å²) in [4.78, 5) is 35.8. The average molecular weight is 894 g/mol. The molecule has 3 aromatic rings. The molecule has 3 aliphatic rings. The lowest BCUT2D eigenvalue weighted by Gasteiger charge is -2.60. The van der Waals surface area contributed by atoms with E-state index < -0.39 is 23.8 Å². The Morgan fingerprint density at radius 1 is 0.908 bits per heavy atom. The lowest BCUT2D eigenvalue weighted by molar-refractivity contribution is -0.258. The van der Waals surface area contributed by atoms with E-state index in [1.807, 2.05) is 36.1 Å². The Hall–Kier alpha value is -4.71. The summed E-state index contributed by atoms with van der Waals surface area (Å²) in [6.45, 7) is 9.30. The van der Waals surface area contributed by atoms with Gasteiger partial charge < -0.3 is 39.5 Å². The first-order valence-corrected chi connectivity index (χ1v) is 24.7. The summed E-state index contributed by atoms with van der Waals surface area (Å²) < 4.78 is 20.5. The van der Waals surface area contributed by atoms with Crippen LogP contribution in [0.4, 0.5) is 4.79 Å². The van der Waals surface area contributed by atoms with Crippen LogP contribution < -0.4 is 14.8 Å². The van der Waals surface area contributed by atoms with Gasteiger partial charge in [0.2, 0.25) is 11.7 Å². The largest absolute Gasteiger partial charge is 0.459 e. The summed E-state index contributed by atoms with van der Waals surface area (Å²) in [5.41, 5.74) is 3.62. The third-order valence-electron chi connectivity index (χ3n) is 13.8. The topological polar surface area (TPSA) is 139 Å². The molecule has 1 fully saturated rings. The summed E-state index contributed by atoms with van der Waals surface area (Å²) in [6.07, 6.45) is 19.2. The van der Waals surface area contributed by atoms with E-state index in [2.05, 4.69) is 55.2 Å². The molecule has 1 saturated carbocycles. The molecule has 65 heavy (non-hydrogen) atoms. The van der Waals surface area contributed by atoms with E-state index in [0.717, 1.165) is 78.1 Å². The van der Waals surface area contributed by atoms with Gasteiger partial charge in [-0.3, -0.25) is 4.79 Å². The van der Waals surface area contributed by atoms with Crippen molar-refractivity contribution in [3.8, 4) is 11.5 Å². The minimum absolute atomic E-state index is 0.0328. The van der Waals surface area contributed by atoms with Crippen molar-refractivity contribution in [3.63, 3.8) is 0 Å². The van der Waals surface area contributed by atoms with Crippen molar-refractivity contribution in [1.29, 1.82) is 0 Å². The molecule has 2 aliphatic carbocycles. The summed E-state index contributed by atoms with van der Waals surface area (Å²) in [5.74, 6) is -0.953. The molecule has 2 amide bonds. The van der Waals surface area contributed by atoms with Crippen molar-refractivity contribution >= 4 is 28.5 Å². The quantitative estimate of drug-likeness (QED) is 0.0391. The van der Waals surface area contributed by atoms with E-state index >= 15 is 4.79 Å². The van der Waals surface area contributed by atoms with Gasteiger partial charge in [0.25, 0.3) is 0 Å². The SMILES string of the molecule is C=CCOC12Oc3ccc(OC(=O)NCC)cc3C3C(CCCCO)C(CCCCO)C=C(C(=NOC)CC1N(Cc1cccc4ccccc14)C(=O)CCCCCCCCCCC)C32. The summed E-state index contributed by atoms with van der Waals surface area (Å²) in [7, 11) is 1.57. The standard InChI is InChI=1S/C54H75N3O8/c1-5-8-9-10-11-12-13-14-15-29-50(60)57(38-41-26-22-25-39-23-16-17-27-43(39)41)49-37-47(56-62-4)45-35-40(24-18-20-32-58)44(28-19-21-33-59)51-46-36-42(64-53(61)55-7-3)30-31-48(46)65-54(49,52(45)51)63-34-6-2/h6,16-17,22-23,25-27,30-31,35-36,40,44,49,51-52,58-59H,2,5,7-15,18-21,24,28-29,32-34,37-38H2,1,3-4H3,(H,55,61). The third kappa shape index (κ3) is 12.2. The number of nitrogens with zero attached hydrogens (tertiary/aromatic N) is 2. The molecular weight excluding hydrogens is 819 g/mol. The molecule has 1 heterocycles. The molecule has 0 bridgehead atoms. The van der Waals surface area contributed by atoms with Gasteiger partial charge in [0.1, 0.15) is 24.7 Å². The number of unbranched alkanes of at least 4 members (excludes halogenated alkanes) is 10. The van der Waals surface area contributed by atoms with E-state index in [1.165, 1.54) is 38.5 Å². The van der Waals surface area contributed by atoms with Crippen LogP contribution >= 0.6 is 0 Å². The molecule has 6 atom stereocenters. The number of allylic oxidation sites excluding steroid dienone is 1. The molecule has 0 spiro atoms. The number of carbonyl (C=O) groups is 2. The van der Waals surface area contributed by atoms with E-state index in [0.29, 0.717) is 50.3 Å².